The van der Waals surface area contributed by atoms with Crippen LogP contribution in [-0.2, 0) is 14.3 Å². The van der Waals surface area contributed by atoms with Gasteiger partial charge < -0.3 is 40.3 Å². The summed E-state index contributed by atoms with van der Waals surface area (Å²) in [5.41, 5.74) is 0. The second-order valence-electron chi connectivity index (χ2n) is 14.4. The van der Waals surface area contributed by atoms with Crippen LogP contribution in [0.1, 0.15) is 155 Å². The highest BCUT2D eigenvalue weighted by Gasteiger charge is 2.44. The molecule has 7 unspecified atom stereocenters. The summed E-state index contributed by atoms with van der Waals surface area (Å²) < 4.78 is 11.1. The molecule has 1 fully saturated rings. The van der Waals surface area contributed by atoms with Crippen molar-refractivity contribution in [3.8, 4) is 0 Å². The van der Waals surface area contributed by atoms with Crippen LogP contribution >= 0.6 is 0 Å². The Morgan fingerprint density at radius 2 is 1.13 bits per heavy atom. The van der Waals surface area contributed by atoms with Gasteiger partial charge >= 0.3 is 0 Å². The number of carbonyl (C=O) groups excluding carboxylic acids is 1. The van der Waals surface area contributed by atoms with E-state index in [-0.39, 0.29) is 18.9 Å². The quantitative estimate of drug-likeness (QED) is 0.0292. The first kappa shape index (κ1) is 48.9. The van der Waals surface area contributed by atoms with Crippen LogP contribution in [-0.4, -0.2) is 87.5 Å². The lowest BCUT2D eigenvalue weighted by atomic mass is 9.99. The molecule has 306 valence electrons. The van der Waals surface area contributed by atoms with Gasteiger partial charge in [0.1, 0.15) is 24.4 Å². The van der Waals surface area contributed by atoms with Gasteiger partial charge in [0.2, 0.25) is 5.91 Å². The van der Waals surface area contributed by atoms with E-state index in [1.165, 1.54) is 83.5 Å². The number of ether oxygens (including phenoxy) is 2. The molecule has 6 N–H and O–H groups in total. The third-order valence-corrected chi connectivity index (χ3v) is 9.56. The summed E-state index contributed by atoms with van der Waals surface area (Å²) in [6, 6.07) is -0.858. The number of rotatable bonds is 33. The van der Waals surface area contributed by atoms with Gasteiger partial charge in [-0.1, -0.05) is 145 Å². The molecule has 0 spiro atoms. The molecule has 1 saturated heterocycles. The van der Waals surface area contributed by atoms with Gasteiger partial charge in [0.25, 0.3) is 0 Å². The van der Waals surface area contributed by atoms with Crippen LogP contribution in [0.3, 0.4) is 0 Å². The summed E-state index contributed by atoms with van der Waals surface area (Å²) in [5.74, 6) is -0.262. The summed E-state index contributed by atoms with van der Waals surface area (Å²) in [6.45, 7) is 3.67. The highest BCUT2D eigenvalue weighted by Crippen LogP contribution is 2.22. The second-order valence-corrected chi connectivity index (χ2v) is 14.4. The zero-order valence-corrected chi connectivity index (χ0v) is 33.2. The Morgan fingerprint density at radius 1 is 0.642 bits per heavy atom. The molecule has 1 amide bonds. The zero-order valence-electron chi connectivity index (χ0n) is 33.2. The number of hydrogen-bond donors (Lipinski definition) is 6. The standard InChI is InChI=1S/C44H77NO8/c1-3-5-7-9-11-13-15-17-18-19-20-22-23-25-27-29-31-33-38(47)37(36-52-44-43(51)42(50)41(49)39(35-46)53-44)45-40(48)34-32-30-28-26-24-21-16-14-12-10-8-6-4-2/h18-19,21,23-25,28,30-31,33,37-39,41-44,46-47,49-51H,3-17,20,22,26-27,29,32,34-36H2,1-2H3,(H,45,48)/b19-18+,24-21-,25-23+,30-28-,33-31+. The fourth-order valence-electron chi connectivity index (χ4n) is 6.12. The van der Waals surface area contributed by atoms with E-state index in [9.17, 15) is 30.3 Å². The lowest BCUT2D eigenvalue weighted by Crippen LogP contribution is -2.60. The number of amides is 1. The molecule has 0 aromatic carbocycles. The highest BCUT2D eigenvalue weighted by atomic mass is 16.7. The van der Waals surface area contributed by atoms with Gasteiger partial charge in [-0.05, 0) is 64.2 Å². The number of allylic oxidation sites excluding steroid dienone is 9. The number of aliphatic hydroxyl groups is 5. The van der Waals surface area contributed by atoms with E-state index >= 15 is 0 Å². The van der Waals surface area contributed by atoms with Gasteiger partial charge in [0.15, 0.2) is 6.29 Å². The molecule has 0 aliphatic carbocycles. The third-order valence-electron chi connectivity index (χ3n) is 9.56. The van der Waals surface area contributed by atoms with Crippen LogP contribution < -0.4 is 5.32 Å². The average Bonchev–Trinajstić information content (AvgIpc) is 3.16. The predicted octanol–water partition coefficient (Wildman–Crippen LogP) is 8.05. The van der Waals surface area contributed by atoms with Crippen LogP contribution in [0.5, 0.6) is 0 Å². The summed E-state index contributed by atoms with van der Waals surface area (Å²) in [7, 11) is 0. The maximum Gasteiger partial charge on any atom is 0.220 e. The smallest absolute Gasteiger partial charge is 0.220 e. The monoisotopic (exact) mass is 748 g/mol. The molecule has 1 aliphatic rings. The lowest BCUT2D eigenvalue weighted by molar-refractivity contribution is -0.302. The Labute approximate surface area is 322 Å². The zero-order chi connectivity index (χ0) is 38.8. The van der Waals surface area contributed by atoms with Crippen molar-refractivity contribution in [3.05, 3.63) is 60.8 Å². The summed E-state index contributed by atoms with van der Waals surface area (Å²) in [5, 5.41) is 53.9. The molecule has 0 saturated carbocycles. The number of hydrogen-bond acceptors (Lipinski definition) is 8. The van der Waals surface area contributed by atoms with E-state index in [1.807, 2.05) is 18.2 Å². The SMILES string of the molecule is CCCCCCCC/C=C\C/C=C\CCC(=O)NC(COC1OC(CO)C(O)C(O)C1O)C(O)/C=C/CC/C=C/CC/C=C/CCCCCCCCC. The van der Waals surface area contributed by atoms with Crippen LogP contribution in [0, 0.1) is 0 Å². The largest absolute Gasteiger partial charge is 0.394 e. The van der Waals surface area contributed by atoms with Crippen molar-refractivity contribution in [1.29, 1.82) is 0 Å². The molecule has 0 bridgehead atoms. The topological polar surface area (TPSA) is 149 Å². The van der Waals surface area contributed by atoms with Crippen molar-refractivity contribution in [2.75, 3.05) is 13.2 Å². The fraction of sp³-hybridized carbons (Fsp3) is 0.750. The Kier molecular flexibility index (Phi) is 31.7. The third kappa shape index (κ3) is 25.6. The molecule has 7 atom stereocenters. The normalized spacial score (nSPS) is 22.3. The van der Waals surface area contributed by atoms with Crippen molar-refractivity contribution in [1.82, 2.24) is 5.32 Å². The van der Waals surface area contributed by atoms with E-state index in [1.54, 1.807) is 6.08 Å². The molecule has 1 aliphatic heterocycles. The highest BCUT2D eigenvalue weighted by molar-refractivity contribution is 5.76. The van der Waals surface area contributed by atoms with Gasteiger partial charge in [-0.2, -0.15) is 0 Å². The van der Waals surface area contributed by atoms with Gasteiger partial charge in [-0.25, -0.2) is 0 Å². The molecule has 0 radical (unpaired) electrons. The Bertz CT molecular complexity index is 1010. The molecule has 0 aromatic rings. The number of nitrogens with one attached hydrogen (secondary N) is 1. The number of carbonyl (C=O) groups is 1. The first-order valence-electron chi connectivity index (χ1n) is 21.0. The lowest BCUT2D eigenvalue weighted by Gasteiger charge is -2.40. The van der Waals surface area contributed by atoms with Crippen LogP contribution in [0.4, 0.5) is 0 Å². The first-order valence-corrected chi connectivity index (χ1v) is 21.0. The Hall–Kier alpha value is -2.11. The summed E-state index contributed by atoms with van der Waals surface area (Å²) in [4.78, 5) is 12.9. The van der Waals surface area contributed by atoms with Crippen LogP contribution in [0.2, 0.25) is 0 Å². The van der Waals surface area contributed by atoms with Gasteiger partial charge in [-0.15, -0.1) is 0 Å². The van der Waals surface area contributed by atoms with E-state index in [0.717, 1.165) is 38.5 Å². The molecular formula is C44H77NO8. The van der Waals surface area contributed by atoms with E-state index in [0.29, 0.717) is 12.8 Å². The average molecular weight is 748 g/mol. The van der Waals surface area contributed by atoms with Crippen molar-refractivity contribution in [3.63, 3.8) is 0 Å². The Morgan fingerprint density at radius 3 is 1.70 bits per heavy atom. The van der Waals surface area contributed by atoms with Crippen molar-refractivity contribution >= 4 is 5.91 Å². The number of unbranched alkanes of at least 4 members (excludes halogenated alkanes) is 15. The summed E-state index contributed by atoms with van der Waals surface area (Å²) in [6.07, 6.45) is 37.0. The molecule has 9 nitrogen and oxygen atoms in total. The van der Waals surface area contributed by atoms with Crippen LogP contribution in [0.25, 0.3) is 0 Å². The summed E-state index contributed by atoms with van der Waals surface area (Å²) >= 11 is 0. The second kappa shape index (κ2) is 34.4. The molecule has 53 heavy (non-hydrogen) atoms. The first-order chi connectivity index (χ1) is 25.8. The van der Waals surface area contributed by atoms with Crippen LogP contribution in [0.15, 0.2) is 60.8 Å². The van der Waals surface area contributed by atoms with Crippen molar-refractivity contribution < 1.29 is 39.8 Å². The minimum atomic E-state index is -1.58. The van der Waals surface area contributed by atoms with Gasteiger partial charge in [0.05, 0.1) is 25.4 Å². The number of aliphatic hydroxyl groups excluding tert-OH is 5. The molecule has 1 rings (SSSR count). The van der Waals surface area contributed by atoms with Gasteiger partial charge in [0, 0.05) is 6.42 Å². The molecule has 0 aromatic heterocycles. The maximum absolute atomic E-state index is 12.9. The van der Waals surface area contributed by atoms with E-state index in [4.69, 9.17) is 9.47 Å². The Balaban J connectivity index is 2.50. The minimum absolute atomic E-state index is 0.226. The van der Waals surface area contributed by atoms with E-state index in [2.05, 4.69) is 55.6 Å². The van der Waals surface area contributed by atoms with Crippen molar-refractivity contribution in [2.24, 2.45) is 0 Å². The molecule has 9 heteroatoms. The molecule has 1 heterocycles. The predicted molar refractivity (Wildman–Crippen MR) is 216 cm³/mol. The van der Waals surface area contributed by atoms with E-state index < -0.39 is 49.5 Å². The fourth-order valence-corrected chi connectivity index (χ4v) is 6.12. The van der Waals surface area contributed by atoms with Crippen molar-refractivity contribution in [2.45, 2.75) is 198 Å². The minimum Gasteiger partial charge on any atom is -0.394 e. The maximum atomic E-state index is 12.9. The van der Waals surface area contributed by atoms with Gasteiger partial charge in [-0.3, -0.25) is 4.79 Å². The molecular weight excluding hydrogens is 670 g/mol.